The molecule has 1 aromatic rings. The number of amides is 1. The van der Waals surface area contributed by atoms with Crippen LogP contribution in [0.3, 0.4) is 0 Å². The Bertz CT molecular complexity index is 476. The van der Waals surface area contributed by atoms with Crippen LogP contribution in [0.2, 0.25) is 0 Å². The van der Waals surface area contributed by atoms with Gasteiger partial charge >= 0.3 is 0 Å². The number of hydrogen-bond donors (Lipinski definition) is 1. The lowest BCUT2D eigenvalue weighted by Crippen LogP contribution is -2.56. The molecule has 21 heavy (non-hydrogen) atoms. The van der Waals surface area contributed by atoms with Crippen LogP contribution in [0.5, 0.6) is 0 Å². The van der Waals surface area contributed by atoms with Crippen molar-refractivity contribution in [1.82, 2.24) is 9.80 Å². The van der Waals surface area contributed by atoms with Gasteiger partial charge in [0.25, 0.3) is 0 Å². The Kier molecular flexibility index (Phi) is 4.85. The molecular formula is C16H26N4O. The third-order valence-corrected chi connectivity index (χ3v) is 4.45. The molecule has 2 unspecified atom stereocenters. The lowest BCUT2D eigenvalue weighted by atomic mass is 10.1. The molecule has 2 rings (SSSR count). The lowest BCUT2D eigenvalue weighted by molar-refractivity contribution is -0.120. The zero-order chi connectivity index (χ0) is 15.6. The van der Waals surface area contributed by atoms with E-state index in [1.165, 1.54) is 0 Å². The smallest absolute Gasteiger partial charge is 0.240 e. The summed E-state index contributed by atoms with van der Waals surface area (Å²) in [5.41, 5.74) is 7.27. The van der Waals surface area contributed by atoms with Crippen LogP contribution in [0.25, 0.3) is 0 Å². The standard InChI is InChI=1S/C16H26N4O/c1-12-9-20(10-13(2)18(12)3)11-16(21)19(4)15-7-5-14(17)6-8-15/h5-8,12-13H,9-11,17H2,1-4H3. The van der Waals surface area contributed by atoms with Crippen LogP contribution >= 0.6 is 0 Å². The van der Waals surface area contributed by atoms with Crippen LogP contribution in [0.15, 0.2) is 24.3 Å². The number of hydrogen-bond acceptors (Lipinski definition) is 4. The summed E-state index contributed by atoms with van der Waals surface area (Å²) in [5.74, 6) is 0.115. The van der Waals surface area contributed by atoms with E-state index in [9.17, 15) is 4.79 Å². The molecule has 1 aliphatic rings. The van der Waals surface area contributed by atoms with Gasteiger partial charge in [-0.3, -0.25) is 14.6 Å². The predicted octanol–water partition coefficient (Wildman–Crippen LogP) is 1.26. The second-order valence-electron chi connectivity index (χ2n) is 6.10. The minimum atomic E-state index is 0.115. The number of benzene rings is 1. The largest absolute Gasteiger partial charge is 0.399 e. The SMILES string of the molecule is CC1CN(CC(=O)N(C)c2ccc(N)cc2)CC(C)N1C. The van der Waals surface area contributed by atoms with Gasteiger partial charge in [-0.25, -0.2) is 0 Å². The molecule has 0 spiro atoms. The molecule has 5 nitrogen and oxygen atoms in total. The fourth-order valence-electron chi connectivity index (χ4n) is 2.78. The summed E-state index contributed by atoms with van der Waals surface area (Å²) in [5, 5.41) is 0. The van der Waals surface area contributed by atoms with Gasteiger partial charge in [-0.1, -0.05) is 0 Å². The third kappa shape index (κ3) is 3.74. The first-order chi connectivity index (χ1) is 9.88. The van der Waals surface area contributed by atoms with E-state index in [1.807, 2.05) is 31.3 Å². The normalized spacial score (nSPS) is 24.0. The van der Waals surface area contributed by atoms with E-state index in [0.717, 1.165) is 18.8 Å². The third-order valence-electron chi connectivity index (χ3n) is 4.45. The molecule has 116 valence electrons. The van der Waals surface area contributed by atoms with Crippen molar-refractivity contribution >= 4 is 17.3 Å². The number of nitrogen functional groups attached to an aromatic ring is 1. The van der Waals surface area contributed by atoms with E-state index in [4.69, 9.17) is 5.73 Å². The molecule has 0 aliphatic carbocycles. The molecule has 0 radical (unpaired) electrons. The van der Waals surface area contributed by atoms with Crippen molar-refractivity contribution < 1.29 is 4.79 Å². The molecule has 2 N–H and O–H groups in total. The number of carbonyl (C=O) groups excluding carboxylic acids is 1. The van der Waals surface area contributed by atoms with E-state index >= 15 is 0 Å². The van der Waals surface area contributed by atoms with Gasteiger partial charge in [-0.15, -0.1) is 0 Å². The van der Waals surface area contributed by atoms with Gasteiger partial charge in [-0.2, -0.15) is 0 Å². The first-order valence-corrected chi connectivity index (χ1v) is 7.45. The summed E-state index contributed by atoms with van der Waals surface area (Å²) >= 11 is 0. The van der Waals surface area contributed by atoms with Gasteiger partial charge in [0, 0.05) is 43.6 Å². The van der Waals surface area contributed by atoms with Gasteiger partial charge in [0.15, 0.2) is 0 Å². The molecule has 1 saturated heterocycles. The van der Waals surface area contributed by atoms with Gasteiger partial charge < -0.3 is 10.6 Å². The van der Waals surface area contributed by atoms with Crippen molar-refractivity contribution in [1.29, 1.82) is 0 Å². The van der Waals surface area contributed by atoms with Crippen LogP contribution in [-0.4, -0.2) is 61.5 Å². The topological polar surface area (TPSA) is 52.8 Å². The van der Waals surface area contributed by atoms with E-state index < -0.39 is 0 Å². The highest BCUT2D eigenvalue weighted by atomic mass is 16.2. The number of rotatable bonds is 3. The van der Waals surface area contributed by atoms with Crippen molar-refractivity contribution in [3.8, 4) is 0 Å². The van der Waals surface area contributed by atoms with Crippen molar-refractivity contribution in [3.63, 3.8) is 0 Å². The maximum atomic E-state index is 12.4. The molecule has 1 fully saturated rings. The highest BCUT2D eigenvalue weighted by Gasteiger charge is 2.28. The zero-order valence-electron chi connectivity index (χ0n) is 13.4. The summed E-state index contributed by atoms with van der Waals surface area (Å²) in [6.07, 6.45) is 0. The van der Waals surface area contributed by atoms with E-state index in [0.29, 0.717) is 24.3 Å². The molecule has 5 heteroatoms. The summed E-state index contributed by atoms with van der Waals surface area (Å²) < 4.78 is 0. The number of piperazine rings is 1. The van der Waals surface area contributed by atoms with Crippen LogP contribution < -0.4 is 10.6 Å². The molecule has 2 atom stereocenters. The Balaban J connectivity index is 1.96. The number of nitrogens with two attached hydrogens (primary N) is 1. The summed E-state index contributed by atoms with van der Waals surface area (Å²) in [7, 11) is 3.96. The fraction of sp³-hybridized carbons (Fsp3) is 0.562. The highest BCUT2D eigenvalue weighted by molar-refractivity contribution is 5.94. The average molecular weight is 290 g/mol. The molecule has 1 heterocycles. The summed E-state index contributed by atoms with van der Waals surface area (Å²) in [6, 6.07) is 8.34. The van der Waals surface area contributed by atoms with Gasteiger partial charge in [-0.05, 0) is 45.2 Å². The summed E-state index contributed by atoms with van der Waals surface area (Å²) in [6.45, 7) is 6.74. The molecule has 1 amide bonds. The first kappa shape index (κ1) is 15.8. The zero-order valence-corrected chi connectivity index (χ0v) is 13.4. The summed E-state index contributed by atoms with van der Waals surface area (Å²) in [4.78, 5) is 18.7. The van der Waals surface area contributed by atoms with Crippen molar-refractivity contribution in [3.05, 3.63) is 24.3 Å². The van der Waals surface area contributed by atoms with Crippen molar-refractivity contribution in [2.24, 2.45) is 0 Å². The Morgan fingerprint density at radius 1 is 1.24 bits per heavy atom. The molecule has 0 aromatic heterocycles. The van der Waals surface area contributed by atoms with Gasteiger partial charge in [0.05, 0.1) is 6.54 Å². The predicted molar refractivity (Wildman–Crippen MR) is 87.4 cm³/mol. The van der Waals surface area contributed by atoms with Crippen LogP contribution in [-0.2, 0) is 4.79 Å². The number of nitrogens with zero attached hydrogens (tertiary/aromatic N) is 3. The highest BCUT2D eigenvalue weighted by Crippen LogP contribution is 2.17. The molecule has 1 aliphatic heterocycles. The number of likely N-dealkylation sites (N-methyl/N-ethyl adjacent to an activating group) is 2. The minimum Gasteiger partial charge on any atom is -0.399 e. The Labute approximate surface area is 127 Å². The van der Waals surface area contributed by atoms with Crippen molar-refractivity contribution in [2.75, 3.05) is 44.4 Å². The van der Waals surface area contributed by atoms with Crippen molar-refractivity contribution in [2.45, 2.75) is 25.9 Å². The first-order valence-electron chi connectivity index (χ1n) is 7.45. The minimum absolute atomic E-state index is 0.115. The average Bonchev–Trinajstić information content (AvgIpc) is 2.44. The van der Waals surface area contributed by atoms with Crippen LogP contribution in [0, 0.1) is 0 Å². The molecule has 0 saturated carbocycles. The van der Waals surface area contributed by atoms with Gasteiger partial charge in [0.2, 0.25) is 5.91 Å². The monoisotopic (exact) mass is 290 g/mol. The van der Waals surface area contributed by atoms with Crippen LogP contribution in [0.4, 0.5) is 11.4 Å². The molecule has 0 bridgehead atoms. The molecule has 1 aromatic carbocycles. The quantitative estimate of drug-likeness (QED) is 0.852. The van der Waals surface area contributed by atoms with E-state index in [1.54, 1.807) is 4.90 Å². The van der Waals surface area contributed by atoms with E-state index in [2.05, 4.69) is 30.7 Å². The number of anilines is 2. The Morgan fingerprint density at radius 2 is 1.76 bits per heavy atom. The Morgan fingerprint density at radius 3 is 2.29 bits per heavy atom. The molecular weight excluding hydrogens is 264 g/mol. The second-order valence-corrected chi connectivity index (χ2v) is 6.10. The maximum Gasteiger partial charge on any atom is 0.240 e. The van der Waals surface area contributed by atoms with Gasteiger partial charge in [0.1, 0.15) is 0 Å². The number of carbonyl (C=O) groups is 1. The maximum absolute atomic E-state index is 12.4. The second kappa shape index (κ2) is 6.45. The lowest BCUT2D eigenvalue weighted by Gasteiger charge is -2.42. The Hall–Kier alpha value is -1.59. The van der Waals surface area contributed by atoms with E-state index in [-0.39, 0.29) is 5.91 Å². The fourth-order valence-corrected chi connectivity index (χ4v) is 2.78. The van der Waals surface area contributed by atoms with Crippen LogP contribution in [0.1, 0.15) is 13.8 Å².